The highest BCUT2D eigenvalue weighted by atomic mass is 16.2. The lowest BCUT2D eigenvalue weighted by Gasteiger charge is -2.22. The number of hydrogen-bond donors (Lipinski definition) is 4. The average molecular weight is 469 g/mol. The molecule has 33 heavy (non-hydrogen) atoms. The number of amides is 2. The summed E-state index contributed by atoms with van der Waals surface area (Å²) in [5, 5.41) is 12.4. The van der Waals surface area contributed by atoms with Crippen LogP contribution < -0.4 is 21.3 Å². The lowest BCUT2D eigenvalue weighted by molar-refractivity contribution is -0.129. The minimum Gasteiger partial charge on any atom is -0.356 e. The molecule has 2 amide bonds. The summed E-state index contributed by atoms with van der Waals surface area (Å²) in [5.74, 6) is 0.781. The first kappa shape index (κ1) is 31.5. The molecule has 194 valence electrons. The summed E-state index contributed by atoms with van der Waals surface area (Å²) >= 11 is 0. The molecule has 0 aliphatic heterocycles. The Hall–Kier alpha value is -1.47. The topological polar surface area (TPSA) is 99.3 Å². The van der Waals surface area contributed by atoms with Gasteiger partial charge >= 0.3 is 0 Å². The molecule has 0 aliphatic carbocycles. The monoisotopic (exact) mass is 468 g/mol. The molecule has 0 saturated heterocycles. The zero-order chi connectivity index (χ0) is 25.1. The Bertz CT molecular complexity index is 538. The molecule has 0 spiro atoms. The summed E-state index contributed by atoms with van der Waals surface area (Å²) in [7, 11) is 1.78. The van der Waals surface area contributed by atoms with Gasteiger partial charge in [-0.3, -0.25) is 14.4 Å². The maximum absolute atomic E-state index is 12.7. The number of hydrogen-bond acceptors (Lipinski definition) is 5. The first-order chi connectivity index (χ1) is 15.7. The molecule has 0 aromatic heterocycles. The molecule has 0 saturated carbocycles. The van der Waals surface area contributed by atoms with E-state index in [0.717, 1.165) is 45.1 Å². The summed E-state index contributed by atoms with van der Waals surface area (Å²) < 4.78 is 0. The van der Waals surface area contributed by atoms with Crippen molar-refractivity contribution in [3.63, 3.8) is 0 Å². The smallest absolute Gasteiger partial charge is 0.237 e. The minimum absolute atomic E-state index is 0.0890. The molecule has 0 rings (SSSR count). The molecule has 2 atom stereocenters. The van der Waals surface area contributed by atoms with Crippen LogP contribution in [-0.2, 0) is 14.4 Å². The fraction of sp³-hybridized carbons (Fsp3) is 0.885. The fourth-order valence-electron chi connectivity index (χ4n) is 3.73. The number of carbonyl (C=O) groups excluding carboxylic acids is 3. The maximum Gasteiger partial charge on any atom is 0.237 e. The second-order valence-electron chi connectivity index (χ2n) is 9.81. The Morgan fingerprint density at radius 3 is 1.94 bits per heavy atom. The van der Waals surface area contributed by atoms with Crippen LogP contribution in [0.5, 0.6) is 0 Å². The van der Waals surface area contributed by atoms with Gasteiger partial charge in [-0.25, -0.2) is 0 Å². The van der Waals surface area contributed by atoms with Gasteiger partial charge < -0.3 is 21.3 Å². The lowest BCUT2D eigenvalue weighted by atomic mass is 10.0. The molecular formula is C26H52N4O3. The van der Waals surface area contributed by atoms with E-state index in [4.69, 9.17) is 0 Å². The molecule has 0 fully saturated rings. The van der Waals surface area contributed by atoms with E-state index in [1.807, 2.05) is 6.92 Å². The van der Waals surface area contributed by atoms with Crippen molar-refractivity contribution in [3.8, 4) is 0 Å². The molecule has 0 aliphatic rings. The standard InChI is InChI=1S/C26H52N4O3/c1-7-24(31)22(15-10-12-18-28-21(4)5)30-26(33)23(27-6)16-11-13-19-29-25(32)17-9-8-14-20(2)3/h20-23,27-28H,7-19H2,1-6H3,(H,29,32)(H,30,33). The molecule has 0 aromatic carbocycles. The molecule has 7 nitrogen and oxygen atoms in total. The van der Waals surface area contributed by atoms with Crippen LogP contribution in [0, 0.1) is 5.92 Å². The fourth-order valence-corrected chi connectivity index (χ4v) is 3.73. The van der Waals surface area contributed by atoms with E-state index in [1.165, 1.54) is 6.42 Å². The van der Waals surface area contributed by atoms with Gasteiger partial charge in [0, 0.05) is 25.4 Å². The van der Waals surface area contributed by atoms with Crippen molar-refractivity contribution in [1.29, 1.82) is 0 Å². The highest BCUT2D eigenvalue weighted by Gasteiger charge is 2.23. The van der Waals surface area contributed by atoms with Crippen molar-refractivity contribution in [3.05, 3.63) is 0 Å². The predicted molar refractivity (Wildman–Crippen MR) is 137 cm³/mol. The Labute approximate surface area is 203 Å². The largest absolute Gasteiger partial charge is 0.356 e. The number of likely N-dealkylation sites (N-methyl/N-ethyl adjacent to an activating group) is 1. The predicted octanol–water partition coefficient (Wildman–Crippen LogP) is 3.71. The third-order valence-electron chi connectivity index (χ3n) is 5.87. The SMILES string of the molecule is CCC(=O)C(CCCCNC(C)C)NC(=O)C(CCCCNC(=O)CCCCC(C)C)NC. The first-order valence-electron chi connectivity index (χ1n) is 13.2. The van der Waals surface area contributed by atoms with Crippen molar-refractivity contribution in [2.45, 2.75) is 123 Å². The van der Waals surface area contributed by atoms with E-state index < -0.39 is 6.04 Å². The van der Waals surface area contributed by atoms with Gasteiger partial charge in [-0.1, -0.05) is 47.5 Å². The normalized spacial score (nSPS) is 13.2. The van der Waals surface area contributed by atoms with E-state index in [1.54, 1.807) is 7.05 Å². The van der Waals surface area contributed by atoms with Crippen LogP contribution in [-0.4, -0.2) is 55.9 Å². The number of ketones is 1. The zero-order valence-electron chi connectivity index (χ0n) is 22.2. The third-order valence-corrected chi connectivity index (χ3v) is 5.87. The molecule has 0 aromatic rings. The average Bonchev–Trinajstić information content (AvgIpc) is 2.77. The van der Waals surface area contributed by atoms with Crippen LogP contribution in [0.15, 0.2) is 0 Å². The van der Waals surface area contributed by atoms with Crippen LogP contribution in [0.1, 0.15) is 105 Å². The quantitative estimate of drug-likeness (QED) is 0.193. The Morgan fingerprint density at radius 1 is 0.758 bits per heavy atom. The summed E-state index contributed by atoms with van der Waals surface area (Å²) in [6.45, 7) is 12.0. The summed E-state index contributed by atoms with van der Waals surface area (Å²) in [5.41, 5.74) is 0. The van der Waals surface area contributed by atoms with Gasteiger partial charge in [0.05, 0.1) is 12.1 Å². The van der Waals surface area contributed by atoms with E-state index in [-0.39, 0.29) is 23.6 Å². The minimum atomic E-state index is -0.410. The highest BCUT2D eigenvalue weighted by molar-refractivity contribution is 5.90. The van der Waals surface area contributed by atoms with Gasteiger partial charge in [-0.2, -0.15) is 0 Å². The molecule has 2 unspecified atom stereocenters. The van der Waals surface area contributed by atoms with Crippen molar-refractivity contribution >= 4 is 17.6 Å². The van der Waals surface area contributed by atoms with Gasteiger partial charge in [0.2, 0.25) is 11.8 Å². The van der Waals surface area contributed by atoms with E-state index in [0.29, 0.717) is 44.2 Å². The van der Waals surface area contributed by atoms with Crippen LogP contribution in [0.25, 0.3) is 0 Å². The van der Waals surface area contributed by atoms with E-state index in [9.17, 15) is 14.4 Å². The van der Waals surface area contributed by atoms with Crippen LogP contribution >= 0.6 is 0 Å². The highest BCUT2D eigenvalue weighted by Crippen LogP contribution is 2.09. The van der Waals surface area contributed by atoms with Crippen LogP contribution in [0.2, 0.25) is 0 Å². The second kappa shape index (κ2) is 20.0. The Kier molecular flexibility index (Phi) is 19.1. The van der Waals surface area contributed by atoms with Crippen molar-refractivity contribution in [1.82, 2.24) is 21.3 Å². The second-order valence-corrected chi connectivity index (χ2v) is 9.81. The van der Waals surface area contributed by atoms with Gasteiger partial charge in [-0.05, 0) is 64.5 Å². The third kappa shape index (κ3) is 17.6. The lowest BCUT2D eigenvalue weighted by Crippen LogP contribution is -2.49. The number of Topliss-reactive ketones (excluding diaryl/α,β-unsaturated/α-hetero) is 1. The summed E-state index contributed by atoms with van der Waals surface area (Å²) in [4.78, 5) is 37.0. The van der Waals surface area contributed by atoms with E-state index in [2.05, 4.69) is 49.0 Å². The zero-order valence-corrected chi connectivity index (χ0v) is 22.2. The number of nitrogens with one attached hydrogen (secondary N) is 4. The molecule has 0 bridgehead atoms. The molecule has 0 radical (unpaired) electrons. The molecule has 0 heterocycles. The summed E-state index contributed by atoms with van der Waals surface area (Å²) in [6.07, 6.45) is 9.14. The van der Waals surface area contributed by atoms with Crippen LogP contribution in [0.3, 0.4) is 0 Å². The summed E-state index contributed by atoms with van der Waals surface area (Å²) in [6, 6.07) is -0.281. The van der Waals surface area contributed by atoms with Gasteiger partial charge in [0.25, 0.3) is 0 Å². The van der Waals surface area contributed by atoms with Crippen molar-refractivity contribution < 1.29 is 14.4 Å². The van der Waals surface area contributed by atoms with Crippen molar-refractivity contribution in [2.24, 2.45) is 5.92 Å². The Morgan fingerprint density at radius 2 is 1.36 bits per heavy atom. The number of unbranched alkanes of at least 4 members (excludes halogenated alkanes) is 3. The molecular weight excluding hydrogens is 416 g/mol. The number of carbonyl (C=O) groups is 3. The molecule has 4 N–H and O–H groups in total. The number of rotatable bonds is 21. The Balaban J connectivity index is 4.22. The van der Waals surface area contributed by atoms with E-state index >= 15 is 0 Å². The van der Waals surface area contributed by atoms with Gasteiger partial charge in [0.1, 0.15) is 0 Å². The maximum atomic E-state index is 12.7. The van der Waals surface area contributed by atoms with Gasteiger partial charge in [0.15, 0.2) is 5.78 Å². The van der Waals surface area contributed by atoms with Crippen LogP contribution in [0.4, 0.5) is 0 Å². The van der Waals surface area contributed by atoms with Crippen molar-refractivity contribution in [2.75, 3.05) is 20.1 Å². The van der Waals surface area contributed by atoms with Gasteiger partial charge in [-0.15, -0.1) is 0 Å². The first-order valence-corrected chi connectivity index (χ1v) is 13.2. The molecule has 7 heteroatoms.